The maximum atomic E-state index is 13.3. The second-order valence-electron chi connectivity index (χ2n) is 7.25. The van der Waals surface area contributed by atoms with Gasteiger partial charge >= 0.3 is 0 Å². The lowest BCUT2D eigenvalue weighted by Gasteiger charge is -2.42. The first kappa shape index (κ1) is 16.4. The van der Waals surface area contributed by atoms with Crippen LogP contribution in [0.2, 0.25) is 0 Å². The Bertz CT molecular complexity index is 771. The molecule has 0 aliphatic carbocycles. The number of carbonyl (C=O) groups excluding carboxylic acids is 1. The maximum absolute atomic E-state index is 13.3. The summed E-state index contributed by atoms with van der Waals surface area (Å²) in [6.07, 6.45) is 2.98. The summed E-state index contributed by atoms with van der Waals surface area (Å²) < 4.78 is 26.6. The van der Waals surface area contributed by atoms with E-state index in [4.69, 9.17) is 0 Å². The number of halogens is 2. The molecule has 2 aliphatic rings. The molecule has 2 heterocycles. The highest BCUT2D eigenvalue weighted by Gasteiger charge is 2.48. The van der Waals surface area contributed by atoms with Gasteiger partial charge in [0.05, 0.1) is 0 Å². The van der Waals surface area contributed by atoms with E-state index >= 15 is 0 Å². The van der Waals surface area contributed by atoms with Crippen molar-refractivity contribution in [1.29, 1.82) is 0 Å². The highest BCUT2D eigenvalue weighted by atomic mass is 19.1. The highest BCUT2D eigenvalue weighted by molar-refractivity contribution is 5.99. The minimum atomic E-state index is -0.340. The van der Waals surface area contributed by atoms with Crippen molar-refractivity contribution in [2.24, 2.45) is 5.92 Å². The molecule has 0 amide bonds. The van der Waals surface area contributed by atoms with Crippen LogP contribution in [-0.4, -0.2) is 29.8 Å². The van der Waals surface area contributed by atoms with Gasteiger partial charge < -0.3 is 0 Å². The third-order valence-electron chi connectivity index (χ3n) is 6.00. The first-order chi connectivity index (χ1) is 12.0. The molecule has 130 valence electrons. The lowest BCUT2D eigenvalue weighted by atomic mass is 9.73. The Hall–Kier alpha value is -2.07. The Labute approximate surface area is 146 Å². The fourth-order valence-corrected chi connectivity index (χ4v) is 4.68. The zero-order valence-electron chi connectivity index (χ0n) is 14.2. The Balaban J connectivity index is 1.72. The quantitative estimate of drug-likeness (QED) is 0.771. The number of rotatable bonds is 3. The molecule has 4 heteroatoms. The Kier molecular flexibility index (Phi) is 4.16. The Morgan fingerprint density at radius 2 is 1.56 bits per heavy atom. The summed E-state index contributed by atoms with van der Waals surface area (Å²) in [5, 5.41) is 0. The fourth-order valence-electron chi connectivity index (χ4n) is 4.68. The van der Waals surface area contributed by atoms with Crippen LogP contribution in [0.5, 0.6) is 0 Å². The molecule has 4 rings (SSSR count). The molecule has 2 bridgehead atoms. The van der Waals surface area contributed by atoms with E-state index in [0.29, 0.717) is 11.6 Å². The van der Waals surface area contributed by atoms with Crippen LogP contribution in [0.1, 0.15) is 41.1 Å². The predicted octanol–water partition coefficient (Wildman–Crippen LogP) is 4.41. The molecule has 2 aliphatic heterocycles. The minimum absolute atomic E-state index is 0.0616. The molecule has 1 unspecified atom stereocenters. The van der Waals surface area contributed by atoms with Crippen LogP contribution >= 0.6 is 0 Å². The zero-order valence-corrected chi connectivity index (χ0v) is 14.2. The largest absolute Gasteiger partial charge is 0.300 e. The standard InChI is InChI=1S/C21H21F2NO/c1-24-17-10-11-19(24)20(21(25)14-4-8-16(23)9-5-14)18(12-17)13-2-6-15(22)7-3-13/h2-9,17-20H,10-12H2,1H3/t17?,18-,19-,20+/m1/s1. The molecular formula is C21H21F2NO. The molecule has 2 aromatic carbocycles. The van der Waals surface area contributed by atoms with Crippen LogP contribution < -0.4 is 0 Å². The summed E-state index contributed by atoms with van der Waals surface area (Å²) in [5.74, 6) is -0.646. The molecule has 2 aromatic rings. The van der Waals surface area contributed by atoms with Crippen LogP contribution in [0, 0.1) is 17.6 Å². The molecule has 2 saturated heterocycles. The van der Waals surface area contributed by atoms with Crippen molar-refractivity contribution in [2.75, 3.05) is 7.05 Å². The molecule has 0 aromatic heterocycles. The van der Waals surface area contributed by atoms with Crippen LogP contribution in [0.15, 0.2) is 48.5 Å². The van der Waals surface area contributed by atoms with E-state index in [1.165, 1.54) is 24.3 Å². The van der Waals surface area contributed by atoms with Crippen LogP contribution in [0.3, 0.4) is 0 Å². The number of Topliss-reactive ketones (excluding diaryl/α,β-unsaturated/α-hetero) is 1. The number of ketones is 1. The van der Waals surface area contributed by atoms with Crippen molar-refractivity contribution < 1.29 is 13.6 Å². The second-order valence-corrected chi connectivity index (χ2v) is 7.25. The van der Waals surface area contributed by atoms with E-state index in [0.717, 1.165) is 24.8 Å². The van der Waals surface area contributed by atoms with E-state index in [9.17, 15) is 13.6 Å². The van der Waals surface area contributed by atoms with Crippen molar-refractivity contribution in [2.45, 2.75) is 37.3 Å². The van der Waals surface area contributed by atoms with Crippen LogP contribution in [0.4, 0.5) is 8.78 Å². The van der Waals surface area contributed by atoms with E-state index in [1.54, 1.807) is 24.3 Å². The minimum Gasteiger partial charge on any atom is -0.300 e. The van der Waals surface area contributed by atoms with E-state index in [2.05, 4.69) is 11.9 Å². The van der Waals surface area contributed by atoms with Crippen LogP contribution in [-0.2, 0) is 0 Å². The van der Waals surface area contributed by atoms with Crippen molar-refractivity contribution >= 4 is 5.78 Å². The first-order valence-corrected chi connectivity index (χ1v) is 8.82. The molecule has 2 nitrogen and oxygen atoms in total. The van der Waals surface area contributed by atoms with Crippen molar-refractivity contribution in [3.8, 4) is 0 Å². The Morgan fingerprint density at radius 3 is 2.20 bits per heavy atom. The molecule has 0 radical (unpaired) electrons. The van der Waals surface area contributed by atoms with Gasteiger partial charge in [0, 0.05) is 23.6 Å². The van der Waals surface area contributed by atoms with E-state index in [-0.39, 0.29) is 35.3 Å². The molecule has 0 N–H and O–H groups in total. The van der Waals surface area contributed by atoms with Gasteiger partial charge in [0.15, 0.2) is 5.78 Å². The number of fused-ring (bicyclic) bond motifs is 2. The summed E-state index contributed by atoms with van der Waals surface area (Å²) in [6.45, 7) is 0. The second kappa shape index (κ2) is 6.34. The lowest BCUT2D eigenvalue weighted by molar-refractivity contribution is 0.0643. The molecule has 0 spiro atoms. The van der Waals surface area contributed by atoms with Gasteiger partial charge in [0.25, 0.3) is 0 Å². The molecule has 4 atom stereocenters. The summed E-state index contributed by atoms with van der Waals surface area (Å²) >= 11 is 0. The number of hydrogen-bond acceptors (Lipinski definition) is 2. The smallest absolute Gasteiger partial charge is 0.168 e. The van der Waals surface area contributed by atoms with Gasteiger partial charge in [-0.1, -0.05) is 12.1 Å². The molecule has 2 fully saturated rings. The summed E-state index contributed by atoms with van der Waals surface area (Å²) in [4.78, 5) is 15.6. The first-order valence-electron chi connectivity index (χ1n) is 8.82. The third kappa shape index (κ3) is 2.89. The van der Waals surface area contributed by atoms with Gasteiger partial charge in [-0.2, -0.15) is 0 Å². The monoisotopic (exact) mass is 341 g/mol. The summed E-state index contributed by atoms with van der Waals surface area (Å²) in [6, 6.07) is 13.0. The predicted molar refractivity (Wildman–Crippen MR) is 92.6 cm³/mol. The highest BCUT2D eigenvalue weighted by Crippen LogP contribution is 2.47. The topological polar surface area (TPSA) is 20.3 Å². The maximum Gasteiger partial charge on any atom is 0.168 e. The number of piperidine rings is 1. The van der Waals surface area contributed by atoms with Gasteiger partial charge in [-0.3, -0.25) is 9.69 Å². The zero-order chi connectivity index (χ0) is 17.6. The molecule has 25 heavy (non-hydrogen) atoms. The number of nitrogens with zero attached hydrogens (tertiary/aromatic N) is 1. The summed E-state index contributed by atoms with van der Waals surface area (Å²) in [5.41, 5.74) is 1.57. The van der Waals surface area contributed by atoms with Crippen molar-refractivity contribution in [1.82, 2.24) is 4.90 Å². The third-order valence-corrected chi connectivity index (χ3v) is 6.00. The number of carbonyl (C=O) groups is 1. The average molecular weight is 341 g/mol. The van der Waals surface area contributed by atoms with Gasteiger partial charge in [0.2, 0.25) is 0 Å². The fraction of sp³-hybridized carbons (Fsp3) is 0.381. The van der Waals surface area contributed by atoms with Crippen molar-refractivity contribution in [3.05, 3.63) is 71.3 Å². The van der Waals surface area contributed by atoms with E-state index in [1.807, 2.05) is 0 Å². The van der Waals surface area contributed by atoms with Crippen LogP contribution in [0.25, 0.3) is 0 Å². The van der Waals surface area contributed by atoms with Gasteiger partial charge in [-0.25, -0.2) is 8.78 Å². The van der Waals surface area contributed by atoms with Gasteiger partial charge in [-0.15, -0.1) is 0 Å². The van der Waals surface area contributed by atoms with Crippen molar-refractivity contribution in [3.63, 3.8) is 0 Å². The summed E-state index contributed by atoms with van der Waals surface area (Å²) in [7, 11) is 2.09. The van der Waals surface area contributed by atoms with Gasteiger partial charge in [-0.05, 0) is 74.2 Å². The van der Waals surface area contributed by atoms with E-state index < -0.39 is 0 Å². The number of benzene rings is 2. The SMILES string of the molecule is CN1C2CC[C@@H]1[C@@H](C(=O)c1ccc(F)cc1)[C@@H](c1ccc(F)cc1)C2. The Morgan fingerprint density at radius 1 is 0.960 bits per heavy atom. The molecular weight excluding hydrogens is 320 g/mol. The lowest BCUT2D eigenvalue weighted by Crippen LogP contribution is -2.48. The van der Waals surface area contributed by atoms with Gasteiger partial charge in [0.1, 0.15) is 11.6 Å². The molecule has 0 saturated carbocycles. The normalized spacial score (nSPS) is 28.9. The average Bonchev–Trinajstić information content (AvgIpc) is 2.85. The number of hydrogen-bond donors (Lipinski definition) is 0.